The van der Waals surface area contributed by atoms with Crippen LogP contribution in [0.1, 0.15) is 41.4 Å². The largest absolute Gasteiger partial charge is 0.481 e. The molecule has 0 saturated heterocycles. The lowest BCUT2D eigenvalue weighted by molar-refractivity contribution is -0.636. The molecule has 0 spiro atoms. The second kappa shape index (κ2) is 11.5. The van der Waals surface area contributed by atoms with Gasteiger partial charge in [0.05, 0.1) is 27.4 Å². The topological polar surface area (TPSA) is 126 Å². The van der Waals surface area contributed by atoms with Crippen molar-refractivity contribution in [1.82, 2.24) is 19.3 Å². The van der Waals surface area contributed by atoms with Gasteiger partial charge in [0.15, 0.2) is 6.54 Å². The first kappa shape index (κ1) is 27.9. The van der Waals surface area contributed by atoms with Crippen LogP contribution in [0.3, 0.4) is 0 Å². The average molecular weight is 573 g/mol. The molecular formula is C30H30N5O5S+. The molecule has 0 radical (unpaired) electrons. The molecule has 3 aromatic carbocycles. The van der Waals surface area contributed by atoms with E-state index in [1.165, 1.54) is 12.1 Å². The monoisotopic (exact) mass is 572 g/mol. The lowest BCUT2D eigenvalue weighted by Crippen LogP contribution is -2.40. The van der Waals surface area contributed by atoms with E-state index in [2.05, 4.69) is 10.3 Å². The number of hydrogen-bond acceptors (Lipinski definition) is 6. The van der Waals surface area contributed by atoms with Crippen LogP contribution in [0.2, 0.25) is 0 Å². The molecule has 5 rings (SSSR count). The molecule has 0 aliphatic rings. The molecule has 1 N–H and O–H groups in total. The van der Waals surface area contributed by atoms with Gasteiger partial charge in [0.25, 0.3) is 15.9 Å². The predicted octanol–water partition coefficient (Wildman–Crippen LogP) is 3.94. The van der Waals surface area contributed by atoms with E-state index >= 15 is 0 Å². The van der Waals surface area contributed by atoms with Crippen molar-refractivity contribution < 1.29 is 27.7 Å². The quantitative estimate of drug-likeness (QED) is 0.198. The van der Waals surface area contributed by atoms with Crippen LogP contribution in [0.25, 0.3) is 21.8 Å². The van der Waals surface area contributed by atoms with Gasteiger partial charge in [-0.25, -0.2) is 12.7 Å². The molecular weight excluding hydrogens is 542 g/mol. The third-order valence-corrected chi connectivity index (χ3v) is 8.76. The number of carbonyl (C=O) groups is 2. The highest BCUT2D eigenvalue weighted by Gasteiger charge is 2.34. The minimum Gasteiger partial charge on any atom is -0.481 e. The number of fused-ring (bicyclic) bond motifs is 2. The zero-order chi connectivity index (χ0) is 29.1. The molecule has 0 atom stereocenters. The van der Waals surface area contributed by atoms with Crippen molar-refractivity contribution in [1.29, 1.82) is 0 Å². The summed E-state index contributed by atoms with van der Waals surface area (Å²) < 4.78 is 32.3. The van der Waals surface area contributed by atoms with Gasteiger partial charge in [0, 0.05) is 31.6 Å². The van der Waals surface area contributed by atoms with E-state index in [0.29, 0.717) is 23.9 Å². The summed E-state index contributed by atoms with van der Waals surface area (Å²) >= 11 is 0. The van der Waals surface area contributed by atoms with Gasteiger partial charge >= 0.3 is 5.97 Å². The lowest BCUT2D eigenvalue weighted by atomic mass is 10.0. The van der Waals surface area contributed by atoms with Crippen LogP contribution in [0.15, 0.2) is 83.9 Å². The van der Waals surface area contributed by atoms with Gasteiger partial charge in [-0.2, -0.15) is 4.57 Å². The number of para-hydroxylation sites is 2. The number of carboxylic acid groups (broad SMARTS) is 1. The van der Waals surface area contributed by atoms with Gasteiger partial charge in [-0.15, -0.1) is 5.10 Å². The summed E-state index contributed by atoms with van der Waals surface area (Å²) in [6, 6.07) is 20.9. The molecule has 0 aliphatic heterocycles. The van der Waals surface area contributed by atoms with Crippen LogP contribution in [-0.2, 0) is 27.9 Å². The minimum atomic E-state index is -4.30. The standard InChI is InChI=1S/C30H29N5O5S/c1-3-33-19-22(31-32-33)20-34-26-11-6-4-9-24(26)29(25-10-5-7-12-27(25)34)30(38)35(18-8-13-28(36)37)41(39,40)23-16-14-21(2)15-17-23/h4-7,9-12,14-17,19H,3,8,13,18,20H2,1-2H3/p+1. The maximum Gasteiger partial charge on any atom is 0.303 e. The minimum absolute atomic E-state index is 0.0258. The van der Waals surface area contributed by atoms with Crippen LogP contribution in [-0.4, -0.2) is 51.2 Å². The van der Waals surface area contributed by atoms with Crippen LogP contribution in [0.4, 0.5) is 0 Å². The van der Waals surface area contributed by atoms with E-state index in [0.717, 1.165) is 26.6 Å². The summed E-state index contributed by atoms with van der Waals surface area (Å²) in [6.07, 6.45) is 1.57. The van der Waals surface area contributed by atoms with Crippen LogP contribution < -0.4 is 4.57 Å². The number of hydrogen-bond donors (Lipinski definition) is 1. The maximum absolute atomic E-state index is 14.4. The number of benzene rings is 3. The molecule has 0 unspecified atom stereocenters. The van der Waals surface area contributed by atoms with E-state index in [-0.39, 0.29) is 29.8 Å². The average Bonchev–Trinajstić information content (AvgIpc) is 3.43. The number of sulfonamides is 1. The number of carbonyl (C=O) groups excluding carboxylic acids is 1. The zero-order valence-corrected chi connectivity index (χ0v) is 23.6. The molecule has 1 amide bonds. The van der Waals surface area contributed by atoms with Crippen LogP contribution >= 0.6 is 0 Å². The van der Waals surface area contributed by atoms with E-state index in [4.69, 9.17) is 0 Å². The molecule has 0 saturated carbocycles. The number of carboxylic acids is 1. The van der Waals surface area contributed by atoms with Gasteiger partial charge in [0.2, 0.25) is 11.0 Å². The van der Waals surface area contributed by atoms with Crippen molar-refractivity contribution in [3.05, 3.63) is 95.8 Å². The fraction of sp³-hybridized carbons (Fsp3) is 0.233. The van der Waals surface area contributed by atoms with E-state index in [1.807, 2.05) is 48.9 Å². The first-order valence-electron chi connectivity index (χ1n) is 13.3. The van der Waals surface area contributed by atoms with Gasteiger partial charge < -0.3 is 5.11 Å². The van der Waals surface area contributed by atoms with Gasteiger partial charge in [-0.05, 0) is 44.5 Å². The Hall–Kier alpha value is -4.64. The second-order valence-electron chi connectivity index (χ2n) is 9.75. The molecule has 5 aromatic rings. The predicted molar refractivity (Wildman–Crippen MR) is 153 cm³/mol. The molecule has 0 bridgehead atoms. The van der Waals surface area contributed by atoms with Gasteiger partial charge in [-0.1, -0.05) is 47.2 Å². The number of aliphatic carboxylic acids is 1. The Kier molecular flexibility index (Phi) is 7.80. The van der Waals surface area contributed by atoms with E-state index < -0.39 is 21.9 Å². The summed E-state index contributed by atoms with van der Waals surface area (Å²) in [4.78, 5) is 25.6. The lowest BCUT2D eigenvalue weighted by Gasteiger charge is -2.24. The Balaban J connectivity index is 1.70. The summed E-state index contributed by atoms with van der Waals surface area (Å²) in [5, 5.41) is 18.8. The van der Waals surface area contributed by atoms with Crippen molar-refractivity contribution >= 4 is 43.7 Å². The summed E-state index contributed by atoms with van der Waals surface area (Å²) in [7, 11) is -4.30. The van der Waals surface area contributed by atoms with Gasteiger partial charge in [0.1, 0.15) is 5.69 Å². The van der Waals surface area contributed by atoms with Crippen molar-refractivity contribution in [2.45, 2.75) is 44.7 Å². The third kappa shape index (κ3) is 5.53. The smallest absolute Gasteiger partial charge is 0.303 e. The molecule has 0 fully saturated rings. The highest BCUT2D eigenvalue weighted by Crippen LogP contribution is 2.29. The number of nitrogens with zero attached hydrogens (tertiary/aromatic N) is 5. The Bertz CT molecular complexity index is 1810. The Labute approximate surface area is 237 Å². The SMILES string of the molecule is CCn1cc(C[n+]2c3ccccc3c(C(=O)N(CCCC(=O)O)S(=O)(=O)c3ccc(C)cc3)c3ccccc32)nn1. The van der Waals surface area contributed by atoms with E-state index in [1.54, 1.807) is 41.1 Å². The molecule has 210 valence electrons. The molecule has 10 nitrogen and oxygen atoms in total. The molecule has 2 aromatic heterocycles. The van der Waals surface area contributed by atoms with Crippen molar-refractivity contribution in [2.75, 3.05) is 6.54 Å². The number of rotatable bonds is 10. The van der Waals surface area contributed by atoms with Gasteiger partial charge in [-0.3, -0.25) is 14.3 Å². The first-order chi connectivity index (χ1) is 19.7. The molecule has 41 heavy (non-hydrogen) atoms. The fourth-order valence-electron chi connectivity index (χ4n) is 4.91. The maximum atomic E-state index is 14.4. The number of pyridine rings is 1. The second-order valence-corrected chi connectivity index (χ2v) is 11.6. The fourth-order valence-corrected chi connectivity index (χ4v) is 6.32. The third-order valence-electron chi connectivity index (χ3n) is 6.96. The number of amides is 1. The Morgan fingerprint density at radius 1 is 0.951 bits per heavy atom. The normalized spacial score (nSPS) is 11.7. The van der Waals surface area contributed by atoms with Crippen molar-refractivity contribution in [3.63, 3.8) is 0 Å². The van der Waals surface area contributed by atoms with Crippen molar-refractivity contribution in [3.8, 4) is 0 Å². The summed E-state index contributed by atoms with van der Waals surface area (Å²) in [5.74, 6) is -1.78. The number of aromatic nitrogens is 4. The molecule has 11 heteroatoms. The summed E-state index contributed by atoms with van der Waals surface area (Å²) in [5.41, 5.74) is 3.29. The highest BCUT2D eigenvalue weighted by atomic mass is 32.2. The van der Waals surface area contributed by atoms with Crippen LogP contribution in [0.5, 0.6) is 0 Å². The Morgan fingerprint density at radius 3 is 2.12 bits per heavy atom. The number of aryl methyl sites for hydroxylation is 2. The highest BCUT2D eigenvalue weighted by molar-refractivity contribution is 7.89. The summed E-state index contributed by atoms with van der Waals surface area (Å²) in [6.45, 7) is 4.61. The molecule has 2 heterocycles. The molecule has 0 aliphatic carbocycles. The van der Waals surface area contributed by atoms with Crippen LogP contribution in [0, 0.1) is 6.92 Å². The zero-order valence-electron chi connectivity index (χ0n) is 22.8. The first-order valence-corrected chi connectivity index (χ1v) is 14.7. The van der Waals surface area contributed by atoms with E-state index in [9.17, 15) is 23.1 Å². The Morgan fingerprint density at radius 2 is 1.56 bits per heavy atom. The van der Waals surface area contributed by atoms with Crippen molar-refractivity contribution in [2.24, 2.45) is 0 Å².